The summed E-state index contributed by atoms with van der Waals surface area (Å²) in [6, 6.07) is 0. The molecule has 0 aliphatic heterocycles. The molecule has 1 aromatic rings. The first-order valence-corrected chi connectivity index (χ1v) is 5.22. The zero-order valence-electron chi connectivity index (χ0n) is 8.00. The van der Waals surface area contributed by atoms with E-state index in [0.29, 0.717) is 5.92 Å². The zero-order chi connectivity index (χ0) is 9.68. The molecule has 13 heavy (non-hydrogen) atoms. The average Bonchev–Trinajstić information content (AvgIpc) is 2.52. The molecule has 2 nitrogen and oxygen atoms in total. The number of aromatic nitrogens is 1. The van der Waals surface area contributed by atoms with Crippen LogP contribution < -0.4 is 5.32 Å². The number of nitrogens with zero attached hydrogens (tertiary/aromatic N) is 1. The normalized spacial score (nSPS) is 10.3. The molecule has 3 heteroatoms. The predicted octanol–water partition coefficient (Wildman–Crippen LogP) is 1.87. The Morgan fingerprint density at radius 1 is 1.69 bits per heavy atom. The Kier molecular flexibility index (Phi) is 3.94. The van der Waals surface area contributed by atoms with Crippen LogP contribution in [0, 0.1) is 18.3 Å². The largest absolute Gasteiger partial charge is 0.310 e. The fraction of sp³-hybridized carbons (Fsp3) is 0.500. The van der Waals surface area contributed by atoms with E-state index in [9.17, 15) is 0 Å². The molecule has 0 amide bonds. The summed E-state index contributed by atoms with van der Waals surface area (Å²) in [5.74, 6) is 3.19. The highest BCUT2D eigenvalue weighted by Gasteiger charge is 1.99. The van der Waals surface area contributed by atoms with Gasteiger partial charge in [0.2, 0.25) is 0 Å². The third-order valence-corrected chi connectivity index (χ3v) is 2.38. The number of rotatable bonds is 4. The SMILES string of the molecule is C#Cc1csc(CNCC(C)C)n1. The molecule has 0 radical (unpaired) electrons. The fourth-order valence-corrected chi connectivity index (χ4v) is 1.63. The maximum absolute atomic E-state index is 5.21. The molecule has 0 fully saturated rings. The van der Waals surface area contributed by atoms with Crippen molar-refractivity contribution in [3.05, 3.63) is 16.1 Å². The maximum Gasteiger partial charge on any atom is 0.124 e. The van der Waals surface area contributed by atoms with Crippen molar-refractivity contribution in [2.75, 3.05) is 6.54 Å². The first-order chi connectivity index (χ1) is 6.22. The molecule has 0 bridgehead atoms. The molecule has 0 atom stereocenters. The van der Waals surface area contributed by atoms with Gasteiger partial charge in [0.1, 0.15) is 10.7 Å². The molecular formula is C10H14N2S. The second-order valence-electron chi connectivity index (χ2n) is 3.30. The van der Waals surface area contributed by atoms with Crippen LogP contribution in [-0.2, 0) is 6.54 Å². The molecule has 0 aliphatic carbocycles. The van der Waals surface area contributed by atoms with Crippen LogP contribution in [0.2, 0.25) is 0 Å². The summed E-state index contributed by atoms with van der Waals surface area (Å²) in [6.07, 6.45) is 5.21. The van der Waals surface area contributed by atoms with E-state index in [2.05, 4.69) is 30.1 Å². The molecule has 1 rings (SSSR count). The van der Waals surface area contributed by atoms with Crippen molar-refractivity contribution in [2.45, 2.75) is 20.4 Å². The Morgan fingerprint density at radius 2 is 2.46 bits per heavy atom. The van der Waals surface area contributed by atoms with Gasteiger partial charge >= 0.3 is 0 Å². The lowest BCUT2D eigenvalue weighted by molar-refractivity contribution is 0.551. The van der Waals surface area contributed by atoms with E-state index in [0.717, 1.165) is 23.8 Å². The summed E-state index contributed by atoms with van der Waals surface area (Å²) in [6.45, 7) is 6.21. The standard InChI is InChI=1S/C10H14N2S/c1-4-9-7-13-10(12-9)6-11-5-8(2)3/h1,7-8,11H,5-6H2,2-3H3. The molecular weight excluding hydrogens is 180 g/mol. The second-order valence-corrected chi connectivity index (χ2v) is 4.24. The molecule has 0 spiro atoms. The van der Waals surface area contributed by atoms with Crippen LogP contribution in [0.1, 0.15) is 24.5 Å². The first-order valence-electron chi connectivity index (χ1n) is 4.34. The topological polar surface area (TPSA) is 24.9 Å². The van der Waals surface area contributed by atoms with Crippen LogP contribution in [0.15, 0.2) is 5.38 Å². The summed E-state index contributed by atoms with van der Waals surface area (Å²) >= 11 is 1.61. The van der Waals surface area contributed by atoms with Gasteiger partial charge in [0.05, 0.1) is 0 Å². The van der Waals surface area contributed by atoms with E-state index >= 15 is 0 Å². The van der Waals surface area contributed by atoms with Crippen molar-refractivity contribution >= 4 is 11.3 Å². The first kappa shape index (κ1) is 10.2. The highest BCUT2D eigenvalue weighted by molar-refractivity contribution is 7.09. The van der Waals surface area contributed by atoms with Crippen molar-refractivity contribution in [3.8, 4) is 12.3 Å². The fourth-order valence-electron chi connectivity index (χ4n) is 0.926. The number of thiazole rings is 1. The smallest absolute Gasteiger partial charge is 0.124 e. The van der Waals surface area contributed by atoms with Gasteiger partial charge in [0.25, 0.3) is 0 Å². The molecule has 0 aromatic carbocycles. The van der Waals surface area contributed by atoms with Crippen LogP contribution >= 0.6 is 11.3 Å². The summed E-state index contributed by atoms with van der Waals surface area (Å²) in [5, 5.41) is 6.29. The highest BCUT2D eigenvalue weighted by Crippen LogP contribution is 2.08. The van der Waals surface area contributed by atoms with E-state index in [-0.39, 0.29) is 0 Å². The van der Waals surface area contributed by atoms with Gasteiger partial charge in [-0.15, -0.1) is 17.8 Å². The van der Waals surface area contributed by atoms with E-state index in [4.69, 9.17) is 6.42 Å². The van der Waals surface area contributed by atoms with Crippen molar-refractivity contribution in [1.29, 1.82) is 0 Å². The lowest BCUT2D eigenvalue weighted by atomic mass is 10.2. The summed E-state index contributed by atoms with van der Waals surface area (Å²) in [7, 11) is 0. The number of nitrogens with one attached hydrogen (secondary N) is 1. The second kappa shape index (κ2) is 5.00. The minimum atomic E-state index is 0.673. The quantitative estimate of drug-likeness (QED) is 0.740. The summed E-state index contributed by atoms with van der Waals surface area (Å²) in [5.41, 5.74) is 0.742. The number of hydrogen-bond acceptors (Lipinski definition) is 3. The van der Waals surface area contributed by atoms with Crippen LogP contribution in [0.4, 0.5) is 0 Å². The Labute approximate surface area is 83.4 Å². The number of hydrogen-bond donors (Lipinski definition) is 1. The molecule has 0 aliphatic rings. The zero-order valence-corrected chi connectivity index (χ0v) is 8.82. The Bertz CT molecular complexity index is 296. The van der Waals surface area contributed by atoms with Gasteiger partial charge in [0.15, 0.2) is 0 Å². The van der Waals surface area contributed by atoms with Gasteiger partial charge in [-0.2, -0.15) is 0 Å². The van der Waals surface area contributed by atoms with E-state index < -0.39 is 0 Å². The monoisotopic (exact) mass is 194 g/mol. The summed E-state index contributed by atoms with van der Waals surface area (Å²) in [4.78, 5) is 4.25. The minimum Gasteiger partial charge on any atom is -0.310 e. The molecule has 0 saturated heterocycles. The summed E-state index contributed by atoms with van der Waals surface area (Å²) < 4.78 is 0. The average molecular weight is 194 g/mol. The van der Waals surface area contributed by atoms with Crippen molar-refractivity contribution in [3.63, 3.8) is 0 Å². The van der Waals surface area contributed by atoms with Gasteiger partial charge in [-0.1, -0.05) is 13.8 Å². The number of terminal acetylenes is 1. The Hall–Kier alpha value is -0.850. The lowest BCUT2D eigenvalue weighted by Crippen LogP contribution is -2.18. The molecule has 1 aromatic heterocycles. The molecule has 70 valence electrons. The minimum absolute atomic E-state index is 0.673. The lowest BCUT2D eigenvalue weighted by Gasteiger charge is -2.04. The van der Waals surface area contributed by atoms with Gasteiger partial charge < -0.3 is 5.32 Å². The van der Waals surface area contributed by atoms with Crippen LogP contribution in [0.25, 0.3) is 0 Å². The third kappa shape index (κ3) is 3.58. The van der Waals surface area contributed by atoms with Crippen LogP contribution in [0.3, 0.4) is 0 Å². The van der Waals surface area contributed by atoms with E-state index in [1.165, 1.54) is 0 Å². The van der Waals surface area contributed by atoms with Crippen molar-refractivity contribution < 1.29 is 0 Å². The van der Waals surface area contributed by atoms with E-state index in [1.807, 2.05) is 5.38 Å². The molecule has 1 N–H and O–H groups in total. The van der Waals surface area contributed by atoms with E-state index in [1.54, 1.807) is 11.3 Å². The van der Waals surface area contributed by atoms with Gasteiger partial charge in [-0.3, -0.25) is 0 Å². The van der Waals surface area contributed by atoms with Gasteiger partial charge in [-0.25, -0.2) is 4.98 Å². The third-order valence-electron chi connectivity index (χ3n) is 1.53. The van der Waals surface area contributed by atoms with Crippen molar-refractivity contribution in [1.82, 2.24) is 10.3 Å². The Balaban J connectivity index is 2.34. The Morgan fingerprint density at radius 3 is 3.00 bits per heavy atom. The van der Waals surface area contributed by atoms with Crippen molar-refractivity contribution in [2.24, 2.45) is 5.92 Å². The van der Waals surface area contributed by atoms with Gasteiger partial charge in [0, 0.05) is 11.9 Å². The van der Waals surface area contributed by atoms with Crippen LogP contribution in [-0.4, -0.2) is 11.5 Å². The van der Waals surface area contributed by atoms with Crippen LogP contribution in [0.5, 0.6) is 0 Å². The molecule has 0 saturated carbocycles. The highest BCUT2D eigenvalue weighted by atomic mass is 32.1. The van der Waals surface area contributed by atoms with Gasteiger partial charge in [-0.05, 0) is 18.4 Å². The maximum atomic E-state index is 5.21. The molecule has 1 heterocycles. The molecule has 0 unspecified atom stereocenters. The predicted molar refractivity (Wildman–Crippen MR) is 56.6 cm³/mol.